The molecule has 0 saturated carbocycles. The molecular weight excluding hydrogens is 345 g/mol. The summed E-state index contributed by atoms with van der Waals surface area (Å²) in [5.41, 5.74) is 1.43. The number of amides is 2. The van der Waals surface area contributed by atoms with Crippen molar-refractivity contribution in [1.29, 1.82) is 0 Å². The summed E-state index contributed by atoms with van der Waals surface area (Å²) in [7, 11) is 0. The average molecular weight is 364 g/mol. The molecule has 2 aromatic rings. The Bertz CT molecular complexity index is 717. The van der Waals surface area contributed by atoms with E-state index in [0.29, 0.717) is 28.2 Å². The van der Waals surface area contributed by atoms with Crippen molar-refractivity contribution in [2.45, 2.75) is 13.8 Å². The Kier molecular flexibility index (Phi) is 6.64. The molecule has 0 fully saturated rings. The fourth-order valence-electron chi connectivity index (χ4n) is 1.88. The summed E-state index contributed by atoms with van der Waals surface area (Å²) in [4.78, 5) is 12.5. The molecule has 1 N–H and O–H groups in total. The van der Waals surface area contributed by atoms with Crippen LogP contribution in [0.15, 0.2) is 53.6 Å². The molecule has 0 saturated heterocycles. The van der Waals surface area contributed by atoms with Gasteiger partial charge in [-0.2, -0.15) is 10.1 Å². The maximum Gasteiger partial charge on any atom is 0.342 e. The molecule has 2 amide bonds. The molecule has 0 aromatic heterocycles. The molecule has 0 aliphatic rings. The lowest BCUT2D eigenvalue weighted by molar-refractivity contribution is 0.245. The highest BCUT2D eigenvalue weighted by atomic mass is 35.5. The zero-order valence-electron chi connectivity index (χ0n) is 13.5. The van der Waals surface area contributed by atoms with Crippen LogP contribution in [0.1, 0.15) is 19.4 Å². The predicted octanol–water partition coefficient (Wildman–Crippen LogP) is 5.20. The summed E-state index contributed by atoms with van der Waals surface area (Å²) >= 11 is 12.0. The number of carbonyl (C=O) groups is 1. The van der Waals surface area contributed by atoms with Crippen molar-refractivity contribution < 1.29 is 4.79 Å². The minimum absolute atomic E-state index is 0.325. The van der Waals surface area contributed by atoms with Gasteiger partial charge in [-0.05, 0) is 29.7 Å². The SMILES string of the molecule is CC(C)CNC(=O)N(/N=C/c1ccccc1)c1ccc(Cl)c(Cl)c1. The quantitative estimate of drug-likeness (QED) is 0.575. The molecule has 0 aliphatic heterocycles. The number of carbonyl (C=O) groups excluding carboxylic acids is 1. The summed E-state index contributed by atoms with van der Waals surface area (Å²) in [6, 6.07) is 14.2. The van der Waals surface area contributed by atoms with Crippen LogP contribution in [-0.2, 0) is 0 Å². The van der Waals surface area contributed by atoms with Gasteiger partial charge >= 0.3 is 6.03 Å². The van der Waals surface area contributed by atoms with Crippen molar-refractivity contribution in [2.75, 3.05) is 11.6 Å². The summed E-state index contributed by atoms with van der Waals surface area (Å²) in [5.74, 6) is 0.336. The second-order valence-electron chi connectivity index (χ2n) is 5.65. The highest BCUT2D eigenvalue weighted by Crippen LogP contribution is 2.27. The van der Waals surface area contributed by atoms with Crippen LogP contribution in [0.25, 0.3) is 0 Å². The first-order valence-electron chi connectivity index (χ1n) is 7.59. The number of urea groups is 1. The molecule has 0 unspecified atom stereocenters. The first-order chi connectivity index (χ1) is 11.5. The van der Waals surface area contributed by atoms with Crippen LogP contribution in [0.3, 0.4) is 0 Å². The molecule has 0 aliphatic carbocycles. The van der Waals surface area contributed by atoms with Gasteiger partial charge in [-0.3, -0.25) is 0 Å². The number of rotatable bonds is 5. The predicted molar refractivity (Wildman–Crippen MR) is 101 cm³/mol. The van der Waals surface area contributed by atoms with Gasteiger partial charge in [0.05, 0.1) is 21.9 Å². The Morgan fingerprint density at radius 2 is 1.88 bits per heavy atom. The minimum atomic E-state index is -0.325. The first-order valence-corrected chi connectivity index (χ1v) is 8.35. The largest absolute Gasteiger partial charge is 0.342 e. The van der Waals surface area contributed by atoms with Crippen LogP contribution >= 0.6 is 23.2 Å². The molecule has 6 heteroatoms. The summed E-state index contributed by atoms with van der Waals surface area (Å²) < 4.78 is 0. The maximum absolute atomic E-state index is 12.5. The smallest absolute Gasteiger partial charge is 0.336 e. The third-order valence-electron chi connectivity index (χ3n) is 3.12. The van der Waals surface area contributed by atoms with Crippen LogP contribution in [-0.4, -0.2) is 18.8 Å². The molecular formula is C18H19Cl2N3O. The van der Waals surface area contributed by atoms with Crippen LogP contribution in [0.4, 0.5) is 10.5 Å². The van der Waals surface area contributed by atoms with Crippen LogP contribution in [0, 0.1) is 5.92 Å². The number of nitrogens with one attached hydrogen (secondary N) is 1. The molecule has 4 nitrogen and oxygen atoms in total. The first kappa shape index (κ1) is 18.3. The summed E-state index contributed by atoms with van der Waals surface area (Å²) in [6.45, 7) is 4.60. The molecule has 2 rings (SSSR count). The van der Waals surface area contributed by atoms with Crippen molar-refractivity contribution >= 4 is 41.1 Å². The lowest BCUT2D eigenvalue weighted by atomic mass is 10.2. The van der Waals surface area contributed by atoms with Gasteiger partial charge in [0.1, 0.15) is 0 Å². The van der Waals surface area contributed by atoms with E-state index in [2.05, 4.69) is 10.4 Å². The Morgan fingerprint density at radius 3 is 2.50 bits per heavy atom. The topological polar surface area (TPSA) is 44.7 Å². The van der Waals surface area contributed by atoms with E-state index in [1.165, 1.54) is 5.01 Å². The molecule has 0 radical (unpaired) electrons. The number of hydrazone groups is 1. The van der Waals surface area contributed by atoms with E-state index in [1.54, 1.807) is 24.4 Å². The Balaban J connectivity index is 2.28. The average Bonchev–Trinajstić information content (AvgIpc) is 2.57. The fraction of sp³-hybridized carbons (Fsp3) is 0.222. The van der Waals surface area contributed by atoms with E-state index >= 15 is 0 Å². The van der Waals surface area contributed by atoms with E-state index in [1.807, 2.05) is 44.2 Å². The number of benzene rings is 2. The van der Waals surface area contributed by atoms with Gasteiger partial charge in [-0.15, -0.1) is 0 Å². The number of halogens is 2. The van der Waals surface area contributed by atoms with E-state index in [9.17, 15) is 4.79 Å². The van der Waals surface area contributed by atoms with Crippen molar-refractivity contribution in [3.63, 3.8) is 0 Å². The Labute approximate surface area is 152 Å². The zero-order valence-corrected chi connectivity index (χ0v) is 15.1. The summed E-state index contributed by atoms with van der Waals surface area (Å²) in [6.07, 6.45) is 1.62. The normalized spacial score (nSPS) is 11.0. The second kappa shape index (κ2) is 8.71. The third kappa shape index (κ3) is 5.25. The third-order valence-corrected chi connectivity index (χ3v) is 3.86. The molecule has 0 heterocycles. The molecule has 0 spiro atoms. The minimum Gasteiger partial charge on any atom is -0.336 e. The van der Waals surface area contributed by atoms with Crippen LogP contribution < -0.4 is 10.3 Å². The van der Waals surface area contributed by atoms with Crippen LogP contribution in [0.2, 0.25) is 10.0 Å². The summed E-state index contributed by atoms with van der Waals surface area (Å²) in [5, 5.41) is 9.22. The van der Waals surface area contributed by atoms with Gasteiger partial charge in [0.15, 0.2) is 0 Å². The number of hydrogen-bond acceptors (Lipinski definition) is 2. The molecule has 24 heavy (non-hydrogen) atoms. The van der Waals surface area contributed by atoms with Crippen molar-refractivity contribution in [1.82, 2.24) is 5.32 Å². The van der Waals surface area contributed by atoms with E-state index in [-0.39, 0.29) is 6.03 Å². The van der Waals surface area contributed by atoms with Gasteiger partial charge in [0.25, 0.3) is 0 Å². The molecule has 0 atom stereocenters. The molecule has 126 valence electrons. The van der Waals surface area contributed by atoms with Gasteiger partial charge in [0, 0.05) is 6.54 Å². The Hall–Kier alpha value is -2.04. The highest BCUT2D eigenvalue weighted by Gasteiger charge is 2.16. The molecule has 2 aromatic carbocycles. The second-order valence-corrected chi connectivity index (χ2v) is 6.46. The number of nitrogens with zero attached hydrogens (tertiary/aromatic N) is 2. The molecule has 0 bridgehead atoms. The van der Waals surface area contributed by atoms with Gasteiger partial charge in [-0.25, -0.2) is 4.79 Å². The highest BCUT2D eigenvalue weighted by molar-refractivity contribution is 6.42. The standard InChI is InChI=1S/C18H19Cl2N3O/c1-13(2)11-21-18(24)23(15-8-9-16(19)17(20)10-15)22-12-14-6-4-3-5-7-14/h3-10,12-13H,11H2,1-2H3,(H,21,24)/b22-12+. The van der Waals surface area contributed by atoms with E-state index in [0.717, 1.165) is 5.56 Å². The van der Waals surface area contributed by atoms with E-state index in [4.69, 9.17) is 23.2 Å². The Morgan fingerprint density at radius 1 is 1.17 bits per heavy atom. The van der Waals surface area contributed by atoms with Crippen molar-refractivity contribution in [3.8, 4) is 0 Å². The lowest BCUT2D eigenvalue weighted by Gasteiger charge is -2.19. The number of hydrogen-bond donors (Lipinski definition) is 1. The van der Waals surface area contributed by atoms with Gasteiger partial charge in [0.2, 0.25) is 0 Å². The fourth-order valence-corrected chi connectivity index (χ4v) is 2.18. The maximum atomic E-state index is 12.5. The van der Waals surface area contributed by atoms with E-state index < -0.39 is 0 Å². The lowest BCUT2D eigenvalue weighted by Crippen LogP contribution is -2.38. The zero-order chi connectivity index (χ0) is 17.5. The van der Waals surface area contributed by atoms with Gasteiger partial charge in [-0.1, -0.05) is 67.4 Å². The van der Waals surface area contributed by atoms with Crippen molar-refractivity contribution in [3.05, 3.63) is 64.1 Å². The monoisotopic (exact) mass is 363 g/mol. The van der Waals surface area contributed by atoms with Crippen LogP contribution in [0.5, 0.6) is 0 Å². The van der Waals surface area contributed by atoms with Crippen molar-refractivity contribution in [2.24, 2.45) is 11.0 Å². The van der Waals surface area contributed by atoms with Gasteiger partial charge < -0.3 is 5.32 Å². The number of anilines is 1.